The van der Waals surface area contributed by atoms with Crippen molar-refractivity contribution in [2.24, 2.45) is 0 Å². The number of rotatable bonds is 10. The van der Waals surface area contributed by atoms with Gasteiger partial charge in [-0.3, -0.25) is 14.6 Å². The van der Waals surface area contributed by atoms with E-state index in [0.29, 0.717) is 35.3 Å². The highest BCUT2D eigenvalue weighted by Gasteiger charge is 2.34. The molecular formula is C22H24ClF3N4O4. The number of ether oxygens (including phenoxy) is 1. The smallest absolute Gasteiger partial charge is 0.392 e. The SMILES string of the molecule is CC(c1cnc(OCCC(F)(F)F)c(Cl)c1)N1Cc2c(ccnc2CC(=O)NCCCO)C1=O. The summed E-state index contributed by atoms with van der Waals surface area (Å²) in [5.74, 6) is -0.615. The van der Waals surface area contributed by atoms with E-state index in [4.69, 9.17) is 21.4 Å². The molecule has 0 spiro atoms. The van der Waals surface area contributed by atoms with E-state index in [1.165, 1.54) is 18.5 Å². The molecule has 0 aromatic carbocycles. The van der Waals surface area contributed by atoms with E-state index in [-0.39, 0.29) is 42.3 Å². The van der Waals surface area contributed by atoms with Crippen LogP contribution in [-0.4, -0.2) is 57.7 Å². The first-order chi connectivity index (χ1) is 16.1. The molecule has 184 valence electrons. The zero-order valence-corrected chi connectivity index (χ0v) is 19.1. The summed E-state index contributed by atoms with van der Waals surface area (Å²) >= 11 is 6.15. The van der Waals surface area contributed by atoms with Gasteiger partial charge in [-0.05, 0) is 31.0 Å². The molecule has 0 bridgehead atoms. The molecule has 2 N–H and O–H groups in total. The second kappa shape index (κ2) is 11.0. The Labute approximate surface area is 199 Å². The molecule has 0 aliphatic carbocycles. The van der Waals surface area contributed by atoms with Crippen molar-refractivity contribution >= 4 is 23.4 Å². The summed E-state index contributed by atoms with van der Waals surface area (Å²) in [6.07, 6.45) is -2.14. The molecule has 1 aliphatic heterocycles. The summed E-state index contributed by atoms with van der Waals surface area (Å²) in [4.78, 5) is 35.1. The second-order valence-electron chi connectivity index (χ2n) is 7.77. The van der Waals surface area contributed by atoms with Crippen LogP contribution in [0.2, 0.25) is 5.02 Å². The van der Waals surface area contributed by atoms with Crippen molar-refractivity contribution in [3.8, 4) is 5.88 Å². The maximum Gasteiger partial charge on any atom is 0.392 e. The number of hydrogen-bond donors (Lipinski definition) is 2. The summed E-state index contributed by atoms with van der Waals surface area (Å²) < 4.78 is 42.0. The largest absolute Gasteiger partial charge is 0.476 e. The van der Waals surface area contributed by atoms with E-state index in [1.54, 1.807) is 17.9 Å². The lowest BCUT2D eigenvalue weighted by atomic mass is 10.1. The molecule has 8 nitrogen and oxygen atoms in total. The number of carbonyl (C=O) groups is 2. The van der Waals surface area contributed by atoms with Gasteiger partial charge in [-0.1, -0.05) is 11.6 Å². The number of carbonyl (C=O) groups excluding carboxylic acids is 2. The Bertz CT molecular complexity index is 1050. The fourth-order valence-corrected chi connectivity index (χ4v) is 3.74. The van der Waals surface area contributed by atoms with Crippen molar-refractivity contribution in [3.63, 3.8) is 0 Å². The molecule has 1 unspecified atom stereocenters. The van der Waals surface area contributed by atoms with Crippen LogP contribution in [0.25, 0.3) is 0 Å². The number of pyridine rings is 2. The number of aliphatic hydroxyl groups excluding tert-OH is 1. The quantitative estimate of drug-likeness (QED) is 0.485. The molecule has 2 aromatic rings. The topological polar surface area (TPSA) is 105 Å². The summed E-state index contributed by atoms with van der Waals surface area (Å²) in [6.45, 7) is 1.71. The van der Waals surface area contributed by atoms with Crippen LogP contribution in [-0.2, 0) is 17.8 Å². The number of aromatic nitrogens is 2. The van der Waals surface area contributed by atoms with Crippen molar-refractivity contribution in [2.75, 3.05) is 19.8 Å². The number of nitrogens with one attached hydrogen (secondary N) is 1. The maximum absolute atomic E-state index is 13.0. The molecule has 3 rings (SSSR count). The molecule has 1 atom stereocenters. The van der Waals surface area contributed by atoms with Crippen molar-refractivity contribution < 1.29 is 32.6 Å². The maximum atomic E-state index is 13.0. The predicted molar refractivity (Wildman–Crippen MR) is 116 cm³/mol. The molecule has 0 fully saturated rings. The summed E-state index contributed by atoms with van der Waals surface area (Å²) in [5.41, 5.74) is 2.17. The van der Waals surface area contributed by atoms with Gasteiger partial charge in [0.05, 0.1) is 31.2 Å². The number of aliphatic hydroxyl groups is 1. The van der Waals surface area contributed by atoms with Crippen LogP contribution in [0.4, 0.5) is 13.2 Å². The lowest BCUT2D eigenvalue weighted by molar-refractivity contribution is -0.139. The molecule has 0 saturated heterocycles. The van der Waals surface area contributed by atoms with E-state index in [9.17, 15) is 22.8 Å². The number of nitrogens with zero attached hydrogens (tertiary/aromatic N) is 3. The number of halogens is 4. The Morgan fingerprint density at radius 3 is 2.82 bits per heavy atom. The highest BCUT2D eigenvalue weighted by molar-refractivity contribution is 6.31. The van der Waals surface area contributed by atoms with Gasteiger partial charge >= 0.3 is 6.18 Å². The molecule has 34 heavy (non-hydrogen) atoms. The minimum atomic E-state index is -4.35. The molecule has 3 heterocycles. The summed E-state index contributed by atoms with van der Waals surface area (Å²) in [6, 6.07) is 2.65. The zero-order chi connectivity index (χ0) is 24.9. The summed E-state index contributed by atoms with van der Waals surface area (Å²) in [7, 11) is 0. The second-order valence-corrected chi connectivity index (χ2v) is 8.17. The number of hydrogen-bond acceptors (Lipinski definition) is 6. The third kappa shape index (κ3) is 6.35. The van der Waals surface area contributed by atoms with Crippen LogP contribution in [0.15, 0.2) is 24.5 Å². The predicted octanol–water partition coefficient (Wildman–Crippen LogP) is 3.22. The molecule has 0 saturated carbocycles. The van der Waals surface area contributed by atoms with Gasteiger partial charge in [0.15, 0.2) is 0 Å². The number of fused-ring (bicyclic) bond motifs is 1. The van der Waals surface area contributed by atoms with Crippen molar-refractivity contribution in [3.05, 3.63) is 51.9 Å². The van der Waals surface area contributed by atoms with Crippen LogP contribution in [0.5, 0.6) is 5.88 Å². The van der Waals surface area contributed by atoms with E-state index in [1.807, 2.05) is 0 Å². The van der Waals surface area contributed by atoms with Crippen molar-refractivity contribution in [1.82, 2.24) is 20.2 Å². The first-order valence-corrected chi connectivity index (χ1v) is 11.0. The van der Waals surface area contributed by atoms with Gasteiger partial charge in [0.2, 0.25) is 11.8 Å². The van der Waals surface area contributed by atoms with E-state index in [2.05, 4.69) is 15.3 Å². The minimum Gasteiger partial charge on any atom is -0.476 e. The van der Waals surface area contributed by atoms with Gasteiger partial charge in [0.1, 0.15) is 5.02 Å². The van der Waals surface area contributed by atoms with Gasteiger partial charge in [-0.2, -0.15) is 13.2 Å². The van der Waals surface area contributed by atoms with Crippen LogP contribution in [0, 0.1) is 0 Å². The lowest BCUT2D eigenvalue weighted by Gasteiger charge is -2.25. The Hall–Kier alpha value is -2.92. The van der Waals surface area contributed by atoms with Gasteiger partial charge in [0, 0.05) is 43.2 Å². The lowest BCUT2D eigenvalue weighted by Crippen LogP contribution is -2.28. The number of alkyl halides is 3. The van der Waals surface area contributed by atoms with Gasteiger partial charge < -0.3 is 20.1 Å². The molecule has 2 amide bonds. The van der Waals surface area contributed by atoms with E-state index in [0.717, 1.165) is 0 Å². The van der Waals surface area contributed by atoms with Gasteiger partial charge in [-0.25, -0.2) is 4.98 Å². The summed E-state index contributed by atoms with van der Waals surface area (Å²) in [5, 5.41) is 11.6. The molecule has 12 heteroatoms. The first kappa shape index (κ1) is 25.7. The Kier molecular flexibility index (Phi) is 8.32. The minimum absolute atomic E-state index is 0.00144. The van der Waals surface area contributed by atoms with Crippen LogP contribution >= 0.6 is 11.6 Å². The molecule has 2 aromatic heterocycles. The average molecular weight is 501 g/mol. The van der Waals surface area contributed by atoms with Gasteiger partial charge in [-0.15, -0.1) is 0 Å². The van der Waals surface area contributed by atoms with E-state index >= 15 is 0 Å². The van der Waals surface area contributed by atoms with Gasteiger partial charge in [0.25, 0.3) is 5.91 Å². The molecule has 0 radical (unpaired) electrons. The fourth-order valence-electron chi connectivity index (χ4n) is 3.51. The van der Waals surface area contributed by atoms with Crippen LogP contribution in [0.1, 0.15) is 53.0 Å². The first-order valence-electron chi connectivity index (χ1n) is 10.6. The normalized spacial score (nSPS) is 14.2. The monoisotopic (exact) mass is 500 g/mol. The van der Waals surface area contributed by atoms with E-state index < -0.39 is 25.2 Å². The molecule has 1 aliphatic rings. The average Bonchev–Trinajstić information content (AvgIpc) is 3.11. The highest BCUT2D eigenvalue weighted by atomic mass is 35.5. The Balaban J connectivity index is 1.70. The Morgan fingerprint density at radius 2 is 2.15 bits per heavy atom. The fraction of sp³-hybridized carbons (Fsp3) is 0.455. The third-order valence-electron chi connectivity index (χ3n) is 5.35. The third-order valence-corrected chi connectivity index (χ3v) is 5.62. The molecular weight excluding hydrogens is 477 g/mol. The Morgan fingerprint density at radius 1 is 1.38 bits per heavy atom. The standard InChI is InChI=1S/C22H24ClF3N4O4/c1-13(14-9-17(23)20(29-11-14)34-8-4-22(24,25)26)30-12-16-15(21(30)33)3-6-27-18(16)10-19(32)28-5-2-7-31/h3,6,9,11,13,31H,2,4-5,7-8,10,12H2,1H3,(H,28,32). The zero-order valence-electron chi connectivity index (χ0n) is 18.4. The number of amides is 2. The highest BCUT2D eigenvalue weighted by Crippen LogP contribution is 2.34. The van der Waals surface area contributed by atoms with Crippen molar-refractivity contribution in [2.45, 2.75) is 44.9 Å². The van der Waals surface area contributed by atoms with Crippen LogP contribution in [0.3, 0.4) is 0 Å². The van der Waals surface area contributed by atoms with Crippen molar-refractivity contribution in [1.29, 1.82) is 0 Å². The van der Waals surface area contributed by atoms with Crippen LogP contribution < -0.4 is 10.1 Å².